The lowest BCUT2D eigenvalue weighted by Crippen LogP contribution is -2.35. The van der Waals surface area contributed by atoms with Crippen LogP contribution in [0.2, 0.25) is 0 Å². The van der Waals surface area contributed by atoms with Crippen LogP contribution in [-0.2, 0) is 27.3 Å². The quantitative estimate of drug-likeness (QED) is 0.750. The second-order valence-electron chi connectivity index (χ2n) is 6.89. The van der Waals surface area contributed by atoms with Crippen molar-refractivity contribution in [1.29, 1.82) is 0 Å². The molecule has 2 aromatic rings. The van der Waals surface area contributed by atoms with E-state index in [1.54, 1.807) is 30.0 Å². The van der Waals surface area contributed by atoms with Crippen molar-refractivity contribution < 1.29 is 23.9 Å². The highest BCUT2D eigenvalue weighted by Crippen LogP contribution is 2.29. The molecule has 9 nitrogen and oxygen atoms in total. The Balaban J connectivity index is 1.47. The van der Waals surface area contributed by atoms with Crippen LogP contribution in [0.5, 0.6) is 0 Å². The highest BCUT2D eigenvalue weighted by Gasteiger charge is 2.30. The van der Waals surface area contributed by atoms with Gasteiger partial charge in [0.05, 0.1) is 24.5 Å². The second-order valence-corrected chi connectivity index (χ2v) is 7.97. The first-order chi connectivity index (χ1) is 14.5. The molecule has 1 aromatic heterocycles. The van der Waals surface area contributed by atoms with Crippen LogP contribution in [0.4, 0.5) is 15.6 Å². The minimum Gasteiger partial charge on any atom is -0.450 e. The molecule has 0 atom stereocenters. The summed E-state index contributed by atoms with van der Waals surface area (Å²) in [7, 11) is 0. The van der Waals surface area contributed by atoms with Crippen LogP contribution >= 0.6 is 11.3 Å². The lowest BCUT2D eigenvalue weighted by Gasteiger charge is -2.24. The number of nitrogens with one attached hydrogen (secondary N) is 1. The third kappa shape index (κ3) is 3.90. The molecule has 1 fully saturated rings. The average Bonchev–Trinajstić information content (AvgIpc) is 3.29. The van der Waals surface area contributed by atoms with Crippen LogP contribution in [0, 0.1) is 0 Å². The van der Waals surface area contributed by atoms with E-state index in [0.29, 0.717) is 42.5 Å². The lowest BCUT2D eigenvalue weighted by molar-refractivity contribution is -0.121. The predicted octanol–water partition coefficient (Wildman–Crippen LogP) is 2.56. The Hall–Kier alpha value is -3.27. The fourth-order valence-corrected chi connectivity index (χ4v) is 4.46. The van der Waals surface area contributed by atoms with E-state index in [4.69, 9.17) is 4.74 Å². The molecule has 1 saturated heterocycles. The first-order valence-electron chi connectivity index (χ1n) is 9.63. The number of carbonyl (C=O) groups is 4. The van der Waals surface area contributed by atoms with Crippen LogP contribution < -0.4 is 10.2 Å². The van der Waals surface area contributed by atoms with Gasteiger partial charge in [-0.1, -0.05) is 17.4 Å². The van der Waals surface area contributed by atoms with Gasteiger partial charge in [-0.2, -0.15) is 0 Å². The van der Waals surface area contributed by atoms with Crippen molar-refractivity contribution in [2.24, 2.45) is 0 Å². The number of nitrogens with zero attached hydrogens (tertiary/aromatic N) is 3. The maximum atomic E-state index is 12.7. The lowest BCUT2D eigenvalue weighted by atomic mass is 10.1. The van der Waals surface area contributed by atoms with E-state index in [9.17, 15) is 19.2 Å². The predicted molar refractivity (Wildman–Crippen MR) is 109 cm³/mol. The van der Waals surface area contributed by atoms with Gasteiger partial charge < -0.3 is 9.64 Å². The van der Waals surface area contributed by atoms with E-state index in [1.807, 2.05) is 0 Å². The van der Waals surface area contributed by atoms with E-state index in [0.717, 1.165) is 15.5 Å². The van der Waals surface area contributed by atoms with Crippen LogP contribution in [0.1, 0.15) is 40.7 Å². The Morgan fingerprint density at radius 3 is 2.70 bits per heavy atom. The van der Waals surface area contributed by atoms with Gasteiger partial charge in [0.25, 0.3) is 5.91 Å². The van der Waals surface area contributed by atoms with Crippen LogP contribution in [0.3, 0.4) is 0 Å². The number of thiazole rings is 1. The summed E-state index contributed by atoms with van der Waals surface area (Å²) in [6, 6.07) is 6.39. The first-order valence-corrected chi connectivity index (χ1v) is 10.5. The molecule has 4 amide bonds. The average molecular weight is 428 g/mol. The summed E-state index contributed by atoms with van der Waals surface area (Å²) in [6.45, 7) is 3.00. The monoisotopic (exact) mass is 428 g/mol. The molecule has 0 spiro atoms. The number of carbonyl (C=O) groups excluding carboxylic acids is 4. The largest absolute Gasteiger partial charge is 0.450 e. The summed E-state index contributed by atoms with van der Waals surface area (Å²) >= 11 is 1.32. The van der Waals surface area contributed by atoms with Crippen LogP contribution in [0.25, 0.3) is 0 Å². The molecule has 156 valence electrons. The summed E-state index contributed by atoms with van der Waals surface area (Å²) in [5, 5.41) is 3.21. The Morgan fingerprint density at radius 2 is 1.97 bits per heavy atom. The topological polar surface area (TPSA) is 109 Å². The molecule has 2 aliphatic rings. The number of ether oxygens (including phenoxy) is 1. The Kier molecular flexibility index (Phi) is 5.49. The van der Waals surface area contributed by atoms with Crippen molar-refractivity contribution in [3.05, 3.63) is 40.4 Å². The maximum Gasteiger partial charge on any atom is 0.410 e. The SMILES string of the molecule is CCOC(=O)N1CCc2nc(NC(=O)c3cccc(N4C(=O)CCC4=O)c3)sc2C1. The summed E-state index contributed by atoms with van der Waals surface area (Å²) in [5.41, 5.74) is 1.57. The number of hydrogen-bond acceptors (Lipinski definition) is 7. The minimum absolute atomic E-state index is 0.183. The summed E-state index contributed by atoms with van der Waals surface area (Å²) in [4.78, 5) is 56.6. The first kappa shape index (κ1) is 20.0. The van der Waals surface area contributed by atoms with Gasteiger partial charge >= 0.3 is 6.09 Å². The number of benzene rings is 1. The van der Waals surface area contributed by atoms with Gasteiger partial charge in [-0.25, -0.2) is 9.78 Å². The standard InChI is InChI=1S/C20H20N4O5S/c1-2-29-20(28)23-9-8-14-15(11-23)30-19(21-14)22-18(27)12-4-3-5-13(10-12)24-16(25)6-7-17(24)26/h3-5,10H,2,6-9,11H2,1H3,(H,21,22,27). The Bertz CT molecular complexity index is 1020. The van der Waals surface area contributed by atoms with Gasteiger partial charge in [0.15, 0.2) is 5.13 Å². The van der Waals surface area contributed by atoms with E-state index in [1.165, 1.54) is 17.4 Å². The molecular weight excluding hydrogens is 408 g/mol. The summed E-state index contributed by atoms with van der Waals surface area (Å²) in [6.07, 6.45) is 0.602. The van der Waals surface area contributed by atoms with Gasteiger partial charge in [0, 0.05) is 36.2 Å². The van der Waals surface area contributed by atoms with Crippen molar-refractivity contribution in [3.8, 4) is 0 Å². The van der Waals surface area contributed by atoms with Crippen LogP contribution in [-0.4, -0.2) is 46.9 Å². The zero-order valence-corrected chi connectivity index (χ0v) is 17.2. The molecule has 1 N–H and O–H groups in total. The molecule has 0 saturated carbocycles. The molecule has 3 heterocycles. The molecular formula is C20H20N4O5S. The number of anilines is 2. The molecule has 0 radical (unpaired) electrons. The number of imide groups is 1. The van der Waals surface area contributed by atoms with Crippen molar-refractivity contribution in [2.75, 3.05) is 23.4 Å². The third-order valence-corrected chi connectivity index (χ3v) is 5.89. The van der Waals surface area contributed by atoms with Crippen molar-refractivity contribution in [3.63, 3.8) is 0 Å². The molecule has 0 unspecified atom stereocenters. The maximum absolute atomic E-state index is 12.7. The summed E-state index contributed by atoms with van der Waals surface area (Å²) < 4.78 is 5.04. The highest BCUT2D eigenvalue weighted by atomic mass is 32.1. The number of rotatable bonds is 4. The molecule has 30 heavy (non-hydrogen) atoms. The van der Waals surface area contributed by atoms with E-state index < -0.39 is 0 Å². The fourth-order valence-electron chi connectivity index (χ4n) is 3.44. The Morgan fingerprint density at radius 1 is 1.20 bits per heavy atom. The van der Waals surface area contributed by atoms with Gasteiger partial charge in [-0.05, 0) is 25.1 Å². The number of amides is 4. The van der Waals surface area contributed by atoms with Gasteiger partial charge in [0.2, 0.25) is 11.8 Å². The van der Waals surface area contributed by atoms with Gasteiger partial charge in [-0.15, -0.1) is 0 Å². The molecule has 4 rings (SSSR count). The van der Waals surface area contributed by atoms with Gasteiger partial charge in [0.1, 0.15) is 0 Å². The molecule has 10 heteroatoms. The van der Waals surface area contributed by atoms with E-state index in [-0.39, 0.29) is 36.7 Å². The zero-order valence-electron chi connectivity index (χ0n) is 16.3. The van der Waals surface area contributed by atoms with E-state index >= 15 is 0 Å². The number of aromatic nitrogens is 1. The molecule has 1 aromatic carbocycles. The van der Waals surface area contributed by atoms with Gasteiger partial charge in [-0.3, -0.25) is 24.6 Å². The number of fused-ring (bicyclic) bond motifs is 1. The second kappa shape index (κ2) is 8.23. The van der Waals surface area contributed by atoms with Crippen molar-refractivity contribution in [1.82, 2.24) is 9.88 Å². The third-order valence-electron chi connectivity index (χ3n) is 4.90. The molecule has 2 aliphatic heterocycles. The minimum atomic E-state index is -0.385. The summed E-state index contributed by atoms with van der Waals surface area (Å²) in [5.74, 6) is -0.920. The van der Waals surface area contributed by atoms with Crippen molar-refractivity contribution in [2.45, 2.75) is 32.7 Å². The van der Waals surface area contributed by atoms with Crippen LogP contribution in [0.15, 0.2) is 24.3 Å². The smallest absolute Gasteiger partial charge is 0.410 e. The zero-order chi connectivity index (χ0) is 21.3. The Labute approximate surface area is 176 Å². The highest BCUT2D eigenvalue weighted by molar-refractivity contribution is 7.15. The van der Waals surface area contributed by atoms with Crippen molar-refractivity contribution >= 4 is 46.0 Å². The molecule has 0 bridgehead atoms. The van der Waals surface area contributed by atoms with E-state index in [2.05, 4.69) is 10.3 Å². The normalized spacial score (nSPS) is 15.9. The number of hydrogen-bond donors (Lipinski definition) is 1. The fraction of sp³-hybridized carbons (Fsp3) is 0.350. The molecule has 0 aliphatic carbocycles.